The third kappa shape index (κ3) is 4.01. The summed E-state index contributed by atoms with van der Waals surface area (Å²) in [5.74, 6) is -0.196. The molecule has 1 N–H and O–H groups in total. The van der Waals surface area contributed by atoms with E-state index >= 15 is 0 Å². The van der Waals surface area contributed by atoms with Crippen LogP contribution in [0.2, 0.25) is 0 Å². The Labute approximate surface area is 148 Å². The molecular weight excluding hydrogens is 308 g/mol. The van der Waals surface area contributed by atoms with Gasteiger partial charge in [0.2, 0.25) is 0 Å². The van der Waals surface area contributed by atoms with Crippen LogP contribution in [-0.2, 0) is 0 Å². The molecule has 0 atom stereocenters. The second kappa shape index (κ2) is 7.58. The first-order valence-corrected chi connectivity index (χ1v) is 8.21. The second-order valence-corrected chi connectivity index (χ2v) is 5.90. The van der Waals surface area contributed by atoms with Gasteiger partial charge in [-0.15, -0.1) is 0 Å². The maximum atomic E-state index is 12.2. The van der Waals surface area contributed by atoms with Crippen molar-refractivity contribution in [1.29, 1.82) is 0 Å². The molecule has 0 aliphatic heterocycles. The van der Waals surface area contributed by atoms with Crippen LogP contribution in [0.25, 0.3) is 11.1 Å². The second-order valence-electron chi connectivity index (χ2n) is 5.90. The summed E-state index contributed by atoms with van der Waals surface area (Å²) in [5, 5.41) is 4.23. The van der Waals surface area contributed by atoms with E-state index in [-0.39, 0.29) is 5.91 Å². The quantitative estimate of drug-likeness (QED) is 0.541. The summed E-state index contributed by atoms with van der Waals surface area (Å²) in [6.07, 6.45) is 0. The van der Waals surface area contributed by atoms with Gasteiger partial charge in [0.05, 0.1) is 5.71 Å². The molecule has 0 aliphatic carbocycles. The van der Waals surface area contributed by atoms with Gasteiger partial charge in [-0.25, -0.2) is 5.43 Å². The van der Waals surface area contributed by atoms with Crippen LogP contribution in [0.1, 0.15) is 28.4 Å². The van der Waals surface area contributed by atoms with Crippen molar-refractivity contribution in [3.63, 3.8) is 0 Å². The molecule has 3 aromatic carbocycles. The van der Waals surface area contributed by atoms with Crippen molar-refractivity contribution in [3.8, 4) is 11.1 Å². The van der Waals surface area contributed by atoms with Crippen LogP contribution < -0.4 is 5.43 Å². The summed E-state index contributed by atoms with van der Waals surface area (Å²) >= 11 is 0. The Kier molecular flexibility index (Phi) is 5.05. The van der Waals surface area contributed by atoms with Crippen LogP contribution in [0.5, 0.6) is 0 Å². The molecule has 3 heteroatoms. The number of nitrogens with zero attached hydrogens (tertiary/aromatic N) is 1. The van der Waals surface area contributed by atoms with Crippen molar-refractivity contribution < 1.29 is 4.79 Å². The average molecular weight is 328 g/mol. The van der Waals surface area contributed by atoms with Crippen LogP contribution in [-0.4, -0.2) is 11.6 Å². The number of amides is 1. The van der Waals surface area contributed by atoms with E-state index in [2.05, 4.69) is 34.8 Å². The van der Waals surface area contributed by atoms with Gasteiger partial charge in [-0.3, -0.25) is 4.79 Å². The summed E-state index contributed by atoms with van der Waals surface area (Å²) in [6.45, 7) is 3.80. The lowest BCUT2D eigenvalue weighted by Crippen LogP contribution is -2.20. The highest BCUT2D eigenvalue weighted by atomic mass is 16.2. The minimum atomic E-state index is -0.196. The van der Waals surface area contributed by atoms with Crippen LogP contribution >= 0.6 is 0 Å². The van der Waals surface area contributed by atoms with E-state index < -0.39 is 0 Å². The van der Waals surface area contributed by atoms with Gasteiger partial charge in [-0.1, -0.05) is 72.8 Å². The molecule has 3 nitrogen and oxygen atoms in total. The molecule has 3 rings (SSSR count). The molecule has 1 amide bonds. The first-order chi connectivity index (χ1) is 12.1. The van der Waals surface area contributed by atoms with Crippen molar-refractivity contribution in [2.24, 2.45) is 5.10 Å². The Morgan fingerprint density at radius 1 is 0.800 bits per heavy atom. The Balaban J connectivity index is 1.72. The number of aryl methyl sites for hydroxylation is 1. The highest BCUT2D eigenvalue weighted by Gasteiger charge is 2.07. The minimum Gasteiger partial charge on any atom is -0.267 e. The molecule has 0 radical (unpaired) electrons. The van der Waals surface area contributed by atoms with Gasteiger partial charge in [-0.05, 0) is 42.2 Å². The fourth-order valence-corrected chi connectivity index (χ4v) is 2.62. The maximum Gasteiger partial charge on any atom is 0.271 e. The Hall–Kier alpha value is -3.20. The van der Waals surface area contributed by atoms with E-state index in [1.54, 1.807) is 6.07 Å². The highest BCUT2D eigenvalue weighted by molar-refractivity contribution is 6.01. The molecule has 124 valence electrons. The largest absolute Gasteiger partial charge is 0.271 e. The third-order valence-corrected chi connectivity index (χ3v) is 4.12. The fraction of sp³-hybridized carbons (Fsp3) is 0.0909. The number of carbonyl (C=O) groups is 1. The van der Waals surface area contributed by atoms with Crippen LogP contribution in [0.3, 0.4) is 0 Å². The smallest absolute Gasteiger partial charge is 0.267 e. The van der Waals surface area contributed by atoms with Gasteiger partial charge in [-0.2, -0.15) is 5.10 Å². The number of hydrazone groups is 1. The highest BCUT2D eigenvalue weighted by Crippen LogP contribution is 2.19. The Morgan fingerprint density at radius 2 is 1.40 bits per heavy atom. The minimum absolute atomic E-state index is 0.196. The number of carbonyl (C=O) groups excluding carboxylic acids is 1. The fourth-order valence-electron chi connectivity index (χ4n) is 2.62. The van der Waals surface area contributed by atoms with Gasteiger partial charge < -0.3 is 0 Å². The third-order valence-electron chi connectivity index (χ3n) is 4.12. The van der Waals surface area contributed by atoms with E-state index in [0.717, 1.165) is 22.4 Å². The van der Waals surface area contributed by atoms with Crippen molar-refractivity contribution in [2.45, 2.75) is 13.8 Å². The first-order valence-electron chi connectivity index (χ1n) is 8.21. The van der Waals surface area contributed by atoms with Crippen molar-refractivity contribution in [1.82, 2.24) is 5.43 Å². The standard InChI is InChI=1S/C22H20N2O/c1-16-8-6-7-11-21(16)22(25)24-23-17(2)18-12-14-20(15-13-18)19-9-4-3-5-10-19/h3-15H,1-2H3,(H,24,25). The van der Waals surface area contributed by atoms with Gasteiger partial charge in [0.15, 0.2) is 0 Å². The molecule has 0 saturated carbocycles. The molecule has 0 spiro atoms. The zero-order valence-electron chi connectivity index (χ0n) is 14.4. The summed E-state index contributed by atoms with van der Waals surface area (Å²) < 4.78 is 0. The van der Waals surface area contributed by atoms with E-state index in [4.69, 9.17) is 0 Å². The van der Waals surface area contributed by atoms with Gasteiger partial charge in [0, 0.05) is 5.56 Å². The van der Waals surface area contributed by atoms with E-state index in [9.17, 15) is 4.79 Å². The number of hydrogen-bond acceptors (Lipinski definition) is 2. The molecule has 0 aliphatic rings. The van der Waals surface area contributed by atoms with E-state index in [1.165, 1.54) is 5.56 Å². The summed E-state index contributed by atoms with van der Waals surface area (Å²) in [4.78, 5) is 12.2. The predicted octanol–water partition coefficient (Wildman–Crippen LogP) is 4.82. The zero-order chi connectivity index (χ0) is 17.6. The molecule has 0 aromatic heterocycles. The Bertz CT molecular complexity index is 897. The molecule has 0 unspecified atom stereocenters. The SMILES string of the molecule is CC(=NNC(=O)c1ccccc1C)c1ccc(-c2ccccc2)cc1. The average Bonchev–Trinajstić information content (AvgIpc) is 2.67. The molecular formula is C22H20N2O. The molecule has 0 saturated heterocycles. The lowest BCUT2D eigenvalue weighted by Gasteiger charge is -2.06. The number of rotatable bonds is 4. The van der Waals surface area contributed by atoms with Crippen LogP contribution in [0, 0.1) is 6.92 Å². The van der Waals surface area contributed by atoms with Crippen LogP contribution in [0.15, 0.2) is 84.0 Å². The molecule has 25 heavy (non-hydrogen) atoms. The van der Waals surface area contributed by atoms with E-state index in [0.29, 0.717) is 5.56 Å². The monoisotopic (exact) mass is 328 g/mol. The molecule has 3 aromatic rings. The zero-order valence-corrected chi connectivity index (χ0v) is 14.4. The van der Waals surface area contributed by atoms with E-state index in [1.807, 2.05) is 62.4 Å². The lowest BCUT2D eigenvalue weighted by atomic mass is 10.0. The summed E-state index contributed by atoms with van der Waals surface area (Å²) in [6, 6.07) is 25.8. The van der Waals surface area contributed by atoms with Gasteiger partial charge >= 0.3 is 0 Å². The Morgan fingerprint density at radius 3 is 2.08 bits per heavy atom. The topological polar surface area (TPSA) is 41.5 Å². The van der Waals surface area contributed by atoms with Crippen LogP contribution in [0.4, 0.5) is 0 Å². The number of nitrogens with one attached hydrogen (secondary N) is 1. The number of benzene rings is 3. The van der Waals surface area contributed by atoms with Crippen molar-refractivity contribution >= 4 is 11.6 Å². The van der Waals surface area contributed by atoms with Crippen molar-refractivity contribution in [2.75, 3.05) is 0 Å². The summed E-state index contributed by atoms with van der Waals surface area (Å²) in [7, 11) is 0. The molecule has 0 heterocycles. The normalized spacial score (nSPS) is 11.2. The lowest BCUT2D eigenvalue weighted by molar-refractivity contribution is 0.0954. The molecule has 0 bridgehead atoms. The van der Waals surface area contributed by atoms with Crippen molar-refractivity contribution in [3.05, 3.63) is 95.6 Å². The van der Waals surface area contributed by atoms with Gasteiger partial charge in [0.25, 0.3) is 5.91 Å². The predicted molar refractivity (Wildman–Crippen MR) is 103 cm³/mol. The van der Waals surface area contributed by atoms with Gasteiger partial charge in [0.1, 0.15) is 0 Å². The number of hydrogen-bond donors (Lipinski definition) is 1. The first kappa shape index (κ1) is 16.7. The molecule has 0 fully saturated rings. The summed E-state index contributed by atoms with van der Waals surface area (Å²) in [5.41, 5.74) is 8.27. The maximum absolute atomic E-state index is 12.2.